The van der Waals surface area contributed by atoms with E-state index in [0.29, 0.717) is 5.69 Å². The van der Waals surface area contributed by atoms with E-state index in [2.05, 4.69) is 5.32 Å². The highest BCUT2D eigenvalue weighted by molar-refractivity contribution is 8.00. The molecule has 0 unspecified atom stereocenters. The fraction of sp³-hybridized carbons (Fsp3) is 0.300. The second-order valence-electron chi connectivity index (χ2n) is 6.64. The summed E-state index contributed by atoms with van der Waals surface area (Å²) in [4.78, 5) is 28.4. The van der Waals surface area contributed by atoms with E-state index in [1.165, 1.54) is 11.8 Å². The van der Waals surface area contributed by atoms with Crippen molar-refractivity contribution < 1.29 is 14.3 Å². The van der Waals surface area contributed by atoms with E-state index in [4.69, 9.17) is 4.74 Å². The molecule has 5 nitrogen and oxygen atoms in total. The summed E-state index contributed by atoms with van der Waals surface area (Å²) in [7, 11) is 1.62. The fourth-order valence-corrected chi connectivity index (χ4v) is 3.84. The summed E-state index contributed by atoms with van der Waals surface area (Å²) in [6, 6.07) is 15.0. The van der Waals surface area contributed by atoms with Gasteiger partial charge in [0.2, 0.25) is 11.8 Å². The van der Waals surface area contributed by atoms with Gasteiger partial charge in [-0.25, -0.2) is 0 Å². The smallest absolute Gasteiger partial charge is 0.250 e. The van der Waals surface area contributed by atoms with Crippen LogP contribution in [0.4, 0.5) is 11.4 Å². The molecule has 0 saturated heterocycles. The molecule has 0 spiro atoms. The van der Waals surface area contributed by atoms with Gasteiger partial charge in [0.15, 0.2) is 0 Å². The number of thioether (sulfide) groups is 1. The first-order valence-corrected chi connectivity index (χ1v) is 9.28. The van der Waals surface area contributed by atoms with Gasteiger partial charge in [0.1, 0.15) is 11.3 Å². The van der Waals surface area contributed by atoms with Crippen molar-refractivity contribution in [2.75, 3.05) is 17.3 Å². The largest absolute Gasteiger partial charge is 0.497 e. The normalized spacial score (nSPS) is 16.5. The van der Waals surface area contributed by atoms with Crippen LogP contribution in [0.3, 0.4) is 0 Å². The summed E-state index contributed by atoms with van der Waals surface area (Å²) in [6.07, 6.45) is 0. The number of carbonyl (C=O) groups excluding carboxylic acids is 2. The molecule has 0 fully saturated rings. The molecule has 3 rings (SSSR count). The molecule has 2 aromatic carbocycles. The van der Waals surface area contributed by atoms with Gasteiger partial charge < -0.3 is 10.1 Å². The van der Waals surface area contributed by atoms with Crippen molar-refractivity contribution in [2.45, 2.75) is 36.5 Å². The standard InChI is InChI=1S/C20H22N2O3S/c1-13(26-15-11-9-14(25-4)10-12-15)18(23)22-17-8-6-5-7-16(17)21-19(24)20(22,2)3/h5-13H,1-4H3,(H,21,24)/t13-/m0/s1. The number of amides is 2. The Labute approximate surface area is 157 Å². The van der Waals surface area contributed by atoms with E-state index in [1.807, 2.05) is 55.5 Å². The number of para-hydroxylation sites is 2. The minimum absolute atomic E-state index is 0.0990. The summed E-state index contributed by atoms with van der Waals surface area (Å²) in [6.45, 7) is 5.39. The maximum atomic E-state index is 13.2. The number of fused-ring (bicyclic) bond motifs is 1. The first-order valence-electron chi connectivity index (χ1n) is 8.40. The van der Waals surface area contributed by atoms with Crippen molar-refractivity contribution in [3.8, 4) is 5.75 Å². The van der Waals surface area contributed by atoms with Gasteiger partial charge in [-0.3, -0.25) is 14.5 Å². The van der Waals surface area contributed by atoms with Crippen molar-refractivity contribution >= 4 is 35.0 Å². The SMILES string of the molecule is COc1ccc(S[C@@H](C)C(=O)N2c3ccccc3NC(=O)C2(C)C)cc1. The number of carbonyl (C=O) groups is 2. The molecule has 26 heavy (non-hydrogen) atoms. The highest BCUT2D eigenvalue weighted by Crippen LogP contribution is 2.38. The molecule has 0 radical (unpaired) electrons. The van der Waals surface area contributed by atoms with Crippen LogP contribution >= 0.6 is 11.8 Å². The highest BCUT2D eigenvalue weighted by atomic mass is 32.2. The molecular weight excluding hydrogens is 348 g/mol. The zero-order chi connectivity index (χ0) is 18.9. The number of rotatable bonds is 4. The summed E-state index contributed by atoms with van der Waals surface area (Å²) < 4.78 is 5.17. The minimum Gasteiger partial charge on any atom is -0.497 e. The lowest BCUT2D eigenvalue weighted by atomic mass is 9.96. The number of methoxy groups -OCH3 is 1. The molecule has 2 amide bonds. The molecule has 136 valence electrons. The lowest BCUT2D eigenvalue weighted by Gasteiger charge is -2.43. The molecule has 0 aromatic heterocycles. The number of nitrogens with one attached hydrogen (secondary N) is 1. The summed E-state index contributed by atoms with van der Waals surface area (Å²) in [5.41, 5.74) is 0.427. The van der Waals surface area contributed by atoms with Crippen LogP contribution < -0.4 is 15.0 Å². The van der Waals surface area contributed by atoms with Gasteiger partial charge in [0, 0.05) is 4.90 Å². The molecule has 1 N–H and O–H groups in total. The monoisotopic (exact) mass is 370 g/mol. The van der Waals surface area contributed by atoms with Crippen LogP contribution in [-0.4, -0.2) is 29.7 Å². The number of nitrogens with zero attached hydrogens (tertiary/aromatic N) is 1. The third kappa shape index (κ3) is 3.29. The van der Waals surface area contributed by atoms with E-state index in [0.717, 1.165) is 16.3 Å². The van der Waals surface area contributed by atoms with Crippen LogP contribution in [-0.2, 0) is 9.59 Å². The van der Waals surface area contributed by atoms with Crippen LogP contribution in [0.1, 0.15) is 20.8 Å². The zero-order valence-corrected chi connectivity index (χ0v) is 16.1. The molecule has 1 aliphatic rings. The average molecular weight is 370 g/mol. The Hall–Kier alpha value is -2.47. The second-order valence-corrected chi connectivity index (χ2v) is 8.05. The van der Waals surface area contributed by atoms with E-state index < -0.39 is 5.54 Å². The number of hydrogen-bond acceptors (Lipinski definition) is 4. The molecule has 1 heterocycles. The number of benzene rings is 2. The van der Waals surface area contributed by atoms with Crippen molar-refractivity contribution in [3.63, 3.8) is 0 Å². The van der Waals surface area contributed by atoms with Crippen molar-refractivity contribution in [1.82, 2.24) is 0 Å². The lowest BCUT2D eigenvalue weighted by molar-refractivity contribution is -0.126. The van der Waals surface area contributed by atoms with Gasteiger partial charge in [-0.1, -0.05) is 12.1 Å². The van der Waals surface area contributed by atoms with E-state index in [-0.39, 0.29) is 17.1 Å². The van der Waals surface area contributed by atoms with Gasteiger partial charge in [-0.15, -0.1) is 11.8 Å². The molecule has 2 aromatic rings. The first kappa shape index (κ1) is 18.3. The topological polar surface area (TPSA) is 58.6 Å². The van der Waals surface area contributed by atoms with Crippen LogP contribution in [0, 0.1) is 0 Å². The Morgan fingerprint density at radius 1 is 1.15 bits per heavy atom. The molecule has 6 heteroatoms. The predicted molar refractivity (Wildman–Crippen MR) is 105 cm³/mol. The first-order chi connectivity index (χ1) is 12.3. The quantitative estimate of drug-likeness (QED) is 0.828. The average Bonchev–Trinajstić information content (AvgIpc) is 2.62. The van der Waals surface area contributed by atoms with Gasteiger partial charge in [-0.05, 0) is 57.2 Å². The molecule has 1 atom stereocenters. The number of hydrogen-bond donors (Lipinski definition) is 1. The van der Waals surface area contributed by atoms with Crippen LogP contribution in [0.15, 0.2) is 53.4 Å². The maximum absolute atomic E-state index is 13.2. The fourth-order valence-electron chi connectivity index (χ4n) is 2.94. The van der Waals surface area contributed by atoms with Gasteiger partial charge >= 0.3 is 0 Å². The van der Waals surface area contributed by atoms with Gasteiger partial charge in [-0.2, -0.15) is 0 Å². The van der Waals surface area contributed by atoms with Crippen molar-refractivity contribution in [2.24, 2.45) is 0 Å². The molecule has 0 saturated carbocycles. The summed E-state index contributed by atoms with van der Waals surface area (Å²) in [5, 5.41) is 2.54. The summed E-state index contributed by atoms with van der Waals surface area (Å²) >= 11 is 1.46. The zero-order valence-electron chi connectivity index (χ0n) is 15.3. The molecule has 0 aliphatic carbocycles. The van der Waals surface area contributed by atoms with E-state index >= 15 is 0 Å². The Morgan fingerprint density at radius 3 is 2.46 bits per heavy atom. The van der Waals surface area contributed by atoms with E-state index in [1.54, 1.807) is 25.9 Å². The van der Waals surface area contributed by atoms with E-state index in [9.17, 15) is 9.59 Å². The van der Waals surface area contributed by atoms with Crippen molar-refractivity contribution in [3.05, 3.63) is 48.5 Å². The van der Waals surface area contributed by atoms with Crippen molar-refractivity contribution in [1.29, 1.82) is 0 Å². The lowest BCUT2D eigenvalue weighted by Crippen LogP contribution is -2.60. The highest BCUT2D eigenvalue weighted by Gasteiger charge is 2.44. The third-order valence-corrected chi connectivity index (χ3v) is 5.55. The minimum atomic E-state index is -0.958. The Balaban J connectivity index is 1.88. The number of anilines is 2. The third-order valence-electron chi connectivity index (χ3n) is 4.45. The Kier molecular flexibility index (Phi) is 4.96. The van der Waals surface area contributed by atoms with Crippen LogP contribution in [0.2, 0.25) is 0 Å². The maximum Gasteiger partial charge on any atom is 0.250 e. The van der Waals surface area contributed by atoms with Crippen LogP contribution in [0.25, 0.3) is 0 Å². The molecule has 0 bridgehead atoms. The summed E-state index contributed by atoms with van der Waals surface area (Å²) in [5.74, 6) is 0.486. The number of ether oxygens (including phenoxy) is 1. The molecule has 1 aliphatic heterocycles. The molecular formula is C20H22N2O3S. The van der Waals surface area contributed by atoms with Crippen LogP contribution in [0.5, 0.6) is 5.75 Å². The Bertz CT molecular complexity index is 833. The predicted octanol–water partition coefficient (Wildman–Crippen LogP) is 3.94. The van der Waals surface area contributed by atoms with Gasteiger partial charge in [0.05, 0.1) is 23.7 Å². The second kappa shape index (κ2) is 7.03. The van der Waals surface area contributed by atoms with Gasteiger partial charge in [0.25, 0.3) is 0 Å². The Morgan fingerprint density at radius 2 is 1.81 bits per heavy atom.